The van der Waals surface area contributed by atoms with E-state index in [4.69, 9.17) is 0 Å². The van der Waals surface area contributed by atoms with Crippen LogP contribution < -0.4 is 5.32 Å². The fraction of sp³-hybridized carbons (Fsp3) is 0.667. The molecule has 0 amide bonds. The predicted octanol–water partition coefficient (Wildman–Crippen LogP) is 4.03. The van der Waals surface area contributed by atoms with Crippen LogP contribution in [0.25, 0.3) is 0 Å². The van der Waals surface area contributed by atoms with E-state index < -0.39 is 0 Å². The summed E-state index contributed by atoms with van der Waals surface area (Å²) in [6, 6.07) is 9.04. The Balaban J connectivity index is 1.81. The SMILES string of the molecule is CCC1(C)CN(Cc2ccc(I)cc2)C(C)(C2CC2)CN1. The number of rotatable bonds is 4. The van der Waals surface area contributed by atoms with Gasteiger partial charge in [0.15, 0.2) is 0 Å². The van der Waals surface area contributed by atoms with Gasteiger partial charge in [-0.3, -0.25) is 4.90 Å². The summed E-state index contributed by atoms with van der Waals surface area (Å²) < 4.78 is 1.32. The fourth-order valence-corrected chi connectivity index (χ4v) is 3.91. The van der Waals surface area contributed by atoms with Gasteiger partial charge in [0, 0.05) is 34.3 Å². The lowest BCUT2D eigenvalue weighted by Crippen LogP contribution is -2.68. The van der Waals surface area contributed by atoms with E-state index in [0.29, 0.717) is 5.54 Å². The van der Waals surface area contributed by atoms with Crippen LogP contribution in [0.5, 0.6) is 0 Å². The van der Waals surface area contributed by atoms with Gasteiger partial charge in [-0.2, -0.15) is 0 Å². The maximum absolute atomic E-state index is 3.84. The van der Waals surface area contributed by atoms with Crippen molar-refractivity contribution in [1.29, 1.82) is 0 Å². The number of nitrogens with one attached hydrogen (secondary N) is 1. The van der Waals surface area contributed by atoms with Gasteiger partial charge in [-0.25, -0.2) is 0 Å². The molecule has 21 heavy (non-hydrogen) atoms. The third-order valence-corrected chi connectivity index (χ3v) is 6.38. The second kappa shape index (κ2) is 5.82. The number of hydrogen-bond donors (Lipinski definition) is 1. The summed E-state index contributed by atoms with van der Waals surface area (Å²) in [4.78, 5) is 2.76. The van der Waals surface area contributed by atoms with Gasteiger partial charge in [-0.05, 0) is 79.3 Å². The molecule has 1 aliphatic heterocycles. The minimum Gasteiger partial charge on any atom is -0.308 e. The molecule has 0 radical (unpaired) electrons. The number of hydrogen-bond acceptors (Lipinski definition) is 2. The molecule has 1 aliphatic carbocycles. The quantitative estimate of drug-likeness (QED) is 0.771. The Labute approximate surface area is 142 Å². The molecular formula is C18H27IN2. The van der Waals surface area contributed by atoms with E-state index in [0.717, 1.165) is 25.6 Å². The van der Waals surface area contributed by atoms with Crippen molar-refractivity contribution in [3.63, 3.8) is 0 Å². The molecule has 0 spiro atoms. The van der Waals surface area contributed by atoms with Crippen LogP contribution in [0.4, 0.5) is 0 Å². The van der Waals surface area contributed by atoms with Gasteiger partial charge in [0.2, 0.25) is 0 Å². The van der Waals surface area contributed by atoms with Gasteiger partial charge >= 0.3 is 0 Å². The van der Waals surface area contributed by atoms with Crippen LogP contribution in [0.2, 0.25) is 0 Å². The molecule has 3 rings (SSSR count). The topological polar surface area (TPSA) is 15.3 Å². The van der Waals surface area contributed by atoms with Crippen molar-refractivity contribution >= 4 is 22.6 Å². The predicted molar refractivity (Wildman–Crippen MR) is 97.4 cm³/mol. The lowest BCUT2D eigenvalue weighted by molar-refractivity contribution is -0.00134. The summed E-state index contributed by atoms with van der Waals surface area (Å²) in [6.45, 7) is 10.5. The number of piperazine rings is 1. The first kappa shape index (κ1) is 15.8. The van der Waals surface area contributed by atoms with E-state index in [1.165, 1.54) is 28.4 Å². The summed E-state index contributed by atoms with van der Waals surface area (Å²) in [7, 11) is 0. The maximum atomic E-state index is 3.84. The molecule has 2 aliphatic rings. The Bertz CT molecular complexity index is 496. The average molecular weight is 398 g/mol. The second-order valence-electron chi connectivity index (χ2n) is 7.38. The molecule has 0 aromatic heterocycles. The first-order chi connectivity index (χ1) is 9.95. The molecule has 1 heterocycles. The highest BCUT2D eigenvalue weighted by Crippen LogP contribution is 2.45. The molecule has 2 nitrogen and oxygen atoms in total. The molecular weight excluding hydrogens is 371 g/mol. The smallest absolute Gasteiger partial charge is 0.0338 e. The van der Waals surface area contributed by atoms with E-state index >= 15 is 0 Å². The molecule has 1 N–H and O–H groups in total. The Hall–Kier alpha value is -0.130. The average Bonchev–Trinajstić information content (AvgIpc) is 3.31. The van der Waals surface area contributed by atoms with Crippen molar-refractivity contribution in [3.8, 4) is 0 Å². The minimum absolute atomic E-state index is 0.262. The van der Waals surface area contributed by atoms with Crippen molar-refractivity contribution in [2.45, 2.75) is 57.7 Å². The summed E-state index contributed by atoms with van der Waals surface area (Å²) in [6.07, 6.45) is 4.01. The Kier molecular flexibility index (Phi) is 4.37. The number of nitrogens with zero attached hydrogens (tertiary/aromatic N) is 1. The highest BCUT2D eigenvalue weighted by molar-refractivity contribution is 14.1. The molecule has 0 bridgehead atoms. The van der Waals surface area contributed by atoms with E-state index in [9.17, 15) is 0 Å². The normalized spacial score (nSPS) is 34.1. The third-order valence-electron chi connectivity index (χ3n) is 5.66. The summed E-state index contributed by atoms with van der Waals surface area (Å²) >= 11 is 2.38. The molecule has 1 saturated heterocycles. The van der Waals surface area contributed by atoms with E-state index in [-0.39, 0.29) is 5.54 Å². The van der Waals surface area contributed by atoms with E-state index in [2.05, 4.69) is 77.8 Å². The zero-order valence-electron chi connectivity index (χ0n) is 13.5. The molecule has 2 unspecified atom stereocenters. The molecule has 3 heteroatoms. The van der Waals surface area contributed by atoms with Crippen molar-refractivity contribution < 1.29 is 0 Å². The van der Waals surface area contributed by atoms with Crippen molar-refractivity contribution in [2.75, 3.05) is 13.1 Å². The van der Waals surface area contributed by atoms with E-state index in [1.54, 1.807) is 0 Å². The zero-order valence-corrected chi connectivity index (χ0v) is 15.6. The third kappa shape index (κ3) is 3.30. The minimum atomic E-state index is 0.262. The van der Waals surface area contributed by atoms with Gasteiger partial charge in [-0.15, -0.1) is 0 Å². The Morgan fingerprint density at radius 1 is 1.24 bits per heavy atom. The van der Waals surface area contributed by atoms with Gasteiger partial charge in [0.05, 0.1) is 0 Å². The molecule has 116 valence electrons. The highest BCUT2D eigenvalue weighted by Gasteiger charge is 2.50. The number of benzene rings is 1. The van der Waals surface area contributed by atoms with Gasteiger partial charge < -0.3 is 5.32 Å². The fourth-order valence-electron chi connectivity index (χ4n) is 3.55. The summed E-state index contributed by atoms with van der Waals surface area (Å²) in [5, 5.41) is 3.84. The number of halogens is 1. The summed E-state index contributed by atoms with van der Waals surface area (Å²) in [5.74, 6) is 0.884. The monoisotopic (exact) mass is 398 g/mol. The standard InChI is InChI=1S/C18H27IN2/c1-4-17(2)13-21(11-14-5-9-16(19)10-6-14)18(3,12-20-17)15-7-8-15/h5-6,9-10,15,20H,4,7-8,11-13H2,1-3H3. The van der Waals surface area contributed by atoms with Crippen molar-refractivity contribution in [3.05, 3.63) is 33.4 Å². The Morgan fingerprint density at radius 3 is 2.48 bits per heavy atom. The van der Waals surface area contributed by atoms with Crippen LogP contribution in [-0.4, -0.2) is 29.1 Å². The molecule has 1 aromatic rings. The lowest BCUT2D eigenvalue weighted by atomic mass is 9.84. The van der Waals surface area contributed by atoms with Gasteiger partial charge in [-0.1, -0.05) is 19.1 Å². The first-order valence-corrected chi connectivity index (χ1v) is 9.28. The second-order valence-corrected chi connectivity index (χ2v) is 8.63. The lowest BCUT2D eigenvalue weighted by Gasteiger charge is -2.53. The van der Waals surface area contributed by atoms with Crippen LogP contribution in [0.15, 0.2) is 24.3 Å². The first-order valence-electron chi connectivity index (χ1n) is 8.20. The molecule has 2 fully saturated rings. The molecule has 2 atom stereocenters. The van der Waals surface area contributed by atoms with Gasteiger partial charge in [0.1, 0.15) is 0 Å². The molecule has 1 aromatic carbocycles. The van der Waals surface area contributed by atoms with Crippen molar-refractivity contribution in [2.24, 2.45) is 5.92 Å². The van der Waals surface area contributed by atoms with Crippen LogP contribution >= 0.6 is 22.6 Å². The van der Waals surface area contributed by atoms with Crippen molar-refractivity contribution in [1.82, 2.24) is 10.2 Å². The molecule has 1 saturated carbocycles. The van der Waals surface area contributed by atoms with Crippen LogP contribution in [0.3, 0.4) is 0 Å². The van der Waals surface area contributed by atoms with Crippen LogP contribution in [-0.2, 0) is 6.54 Å². The maximum Gasteiger partial charge on any atom is 0.0338 e. The summed E-state index contributed by atoms with van der Waals surface area (Å²) in [5.41, 5.74) is 2.04. The van der Waals surface area contributed by atoms with Crippen LogP contribution in [0.1, 0.15) is 45.6 Å². The zero-order chi connectivity index (χ0) is 15.1. The van der Waals surface area contributed by atoms with E-state index in [1.807, 2.05) is 0 Å². The Morgan fingerprint density at radius 2 is 1.90 bits per heavy atom. The highest BCUT2D eigenvalue weighted by atomic mass is 127. The largest absolute Gasteiger partial charge is 0.308 e. The van der Waals surface area contributed by atoms with Gasteiger partial charge in [0.25, 0.3) is 0 Å². The van der Waals surface area contributed by atoms with Crippen LogP contribution in [0, 0.1) is 9.49 Å².